The third-order valence-electron chi connectivity index (χ3n) is 3.55. The molecule has 6 nitrogen and oxygen atoms in total. The Hall–Kier alpha value is -1.95. The van der Waals surface area contributed by atoms with Gasteiger partial charge in [0.25, 0.3) is 0 Å². The lowest BCUT2D eigenvalue weighted by Gasteiger charge is -2.30. The number of rotatable bonds is 5. The Morgan fingerprint density at radius 1 is 1.30 bits per heavy atom. The zero-order chi connectivity index (χ0) is 14.4. The Morgan fingerprint density at radius 2 is 1.95 bits per heavy atom. The van der Waals surface area contributed by atoms with Crippen molar-refractivity contribution in [2.24, 2.45) is 5.92 Å². The van der Waals surface area contributed by atoms with Crippen molar-refractivity contribution in [2.45, 2.75) is 19.4 Å². The summed E-state index contributed by atoms with van der Waals surface area (Å²) in [6, 6.07) is 3.80. The molecule has 2 rings (SSSR count). The standard InChI is InChI=1S/C14H19N3O3/c18-13(10-16-9-11-1-5-15-6-2-11)17-7-3-12(4-8-17)14(19)20/h1-2,5-6,12,16H,3-4,7-10H2,(H,19,20). The first kappa shape index (κ1) is 14.5. The van der Waals surface area contributed by atoms with E-state index in [-0.39, 0.29) is 18.4 Å². The van der Waals surface area contributed by atoms with Gasteiger partial charge in [-0.05, 0) is 30.5 Å². The van der Waals surface area contributed by atoms with Gasteiger partial charge in [-0.25, -0.2) is 0 Å². The van der Waals surface area contributed by atoms with Crippen molar-refractivity contribution in [3.63, 3.8) is 0 Å². The number of nitrogens with zero attached hydrogens (tertiary/aromatic N) is 2. The summed E-state index contributed by atoms with van der Waals surface area (Å²) < 4.78 is 0. The molecule has 2 heterocycles. The molecule has 1 fully saturated rings. The van der Waals surface area contributed by atoms with Gasteiger partial charge in [0, 0.05) is 32.0 Å². The third-order valence-corrected chi connectivity index (χ3v) is 3.55. The molecule has 1 amide bonds. The van der Waals surface area contributed by atoms with Crippen molar-refractivity contribution in [1.29, 1.82) is 0 Å². The van der Waals surface area contributed by atoms with Crippen LogP contribution in [0.25, 0.3) is 0 Å². The van der Waals surface area contributed by atoms with E-state index in [2.05, 4.69) is 10.3 Å². The monoisotopic (exact) mass is 277 g/mol. The normalized spacial score (nSPS) is 16.1. The molecule has 2 N–H and O–H groups in total. The second kappa shape index (κ2) is 7.00. The smallest absolute Gasteiger partial charge is 0.306 e. The van der Waals surface area contributed by atoms with Gasteiger partial charge in [-0.1, -0.05) is 0 Å². The minimum Gasteiger partial charge on any atom is -0.481 e. The highest BCUT2D eigenvalue weighted by Crippen LogP contribution is 2.17. The first-order chi connectivity index (χ1) is 9.66. The molecular formula is C14H19N3O3. The molecule has 0 atom stereocenters. The molecule has 20 heavy (non-hydrogen) atoms. The Kier molecular flexibility index (Phi) is 5.06. The van der Waals surface area contributed by atoms with E-state index in [4.69, 9.17) is 5.11 Å². The molecule has 1 aromatic rings. The maximum absolute atomic E-state index is 12.0. The number of carboxylic acid groups (broad SMARTS) is 1. The van der Waals surface area contributed by atoms with Crippen LogP contribution in [-0.2, 0) is 16.1 Å². The maximum Gasteiger partial charge on any atom is 0.306 e. The summed E-state index contributed by atoms with van der Waals surface area (Å²) in [6.07, 6.45) is 4.53. The van der Waals surface area contributed by atoms with Gasteiger partial charge in [-0.3, -0.25) is 14.6 Å². The van der Waals surface area contributed by atoms with E-state index in [0.29, 0.717) is 32.5 Å². The highest BCUT2D eigenvalue weighted by atomic mass is 16.4. The number of aromatic nitrogens is 1. The minimum absolute atomic E-state index is 0.0305. The maximum atomic E-state index is 12.0. The number of pyridine rings is 1. The van der Waals surface area contributed by atoms with Crippen LogP contribution in [0.1, 0.15) is 18.4 Å². The van der Waals surface area contributed by atoms with E-state index < -0.39 is 5.97 Å². The largest absolute Gasteiger partial charge is 0.481 e. The number of aliphatic carboxylic acids is 1. The molecule has 6 heteroatoms. The quantitative estimate of drug-likeness (QED) is 0.818. The predicted octanol–water partition coefficient (Wildman–Crippen LogP) is 0.494. The van der Waals surface area contributed by atoms with Crippen LogP contribution >= 0.6 is 0 Å². The van der Waals surface area contributed by atoms with Crippen LogP contribution in [0, 0.1) is 5.92 Å². The van der Waals surface area contributed by atoms with Gasteiger partial charge >= 0.3 is 5.97 Å². The number of piperidine rings is 1. The molecule has 1 aromatic heterocycles. The van der Waals surface area contributed by atoms with Crippen LogP contribution in [0.15, 0.2) is 24.5 Å². The molecule has 0 aromatic carbocycles. The predicted molar refractivity (Wildman–Crippen MR) is 72.9 cm³/mol. The zero-order valence-electron chi connectivity index (χ0n) is 11.3. The van der Waals surface area contributed by atoms with Crippen LogP contribution in [-0.4, -0.2) is 46.5 Å². The highest BCUT2D eigenvalue weighted by molar-refractivity contribution is 5.78. The van der Waals surface area contributed by atoms with Crippen LogP contribution in [0.2, 0.25) is 0 Å². The number of nitrogens with one attached hydrogen (secondary N) is 1. The Bertz CT molecular complexity index is 456. The molecule has 0 saturated carbocycles. The summed E-state index contributed by atoms with van der Waals surface area (Å²) in [6.45, 7) is 1.97. The molecule has 0 aliphatic carbocycles. The topological polar surface area (TPSA) is 82.5 Å². The van der Waals surface area contributed by atoms with E-state index in [1.54, 1.807) is 17.3 Å². The van der Waals surface area contributed by atoms with E-state index in [0.717, 1.165) is 5.56 Å². The van der Waals surface area contributed by atoms with Gasteiger partial charge in [-0.15, -0.1) is 0 Å². The average molecular weight is 277 g/mol. The van der Waals surface area contributed by atoms with Crippen molar-refractivity contribution >= 4 is 11.9 Å². The van der Waals surface area contributed by atoms with Gasteiger partial charge in [0.2, 0.25) is 5.91 Å². The second-order valence-electron chi connectivity index (χ2n) is 4.95. The molecule has 1 saturated heterocycles. The van der Waals surface area contributed by atoms with Gasteiger partial charge in [-0.2, -0.15) is 0 Å². The number of hydrogen-bond acceptors (Lipinski definition) is 4. The van der Waals surface area contributed by atoms with Gasteiger partial charge in [0.1, 0.15) is 0 Å². The van der Waals surface area contributed by atoms with Crippen LogP contribution < -0.4 is 5.32 Å². The number of likely N-dealkylation sites (tertiary alicyclic amines) is 1. The molecule has 0 spiro atoms. The Labute approximate surface area is 117 Å². The molecular weight excluding hydrogens is 258 g/mol. The minimum atomic E-state index is -0.757. The molecule has 0 radical (unpaired) electrons. The summed E-state index contributed by atoms with van der Waals surface area (Å²) in [5, 5.41) is 12.0. The summed E-state index contributed by atoms with van der Waals surface area (Å²) >= 11 is 0. The summed E-state index contributed by atoms with van der Waals surface area (Å²) in [5.74, 6) is -1.03. The molecule has 0 unspecified atom stereocenters. The van der Waals surface area contributed by atoms with Gasteiger partial charge in [0.15, 0.2) is 0 Å². The number of hydrogen-bond donors (Lipinski definition) is 2. The first-order valence-corrected chi connectivity index (χ1v) is 6.77. The molecule has 108 valence electrons. The summed E-state index contributed by atoms with van der Waals surface area (Å²) in [4.78, 5) is 28.5. The van der Waals surface area contributed by atoms with E-state index in [9.17, 15) is 9.59 Å². The first-order valence-electron chi connectivity index (χ1n) is 6.77. The highest BCUT2D eigenvalue weighted by Gasteiger charge is 2.26. The number of carboxylic acids is 1. The third kappa shape index (κ3) is 4.03. The average Bonchev–Trinajstić information content (AvgIpc) is 2.48. The Morgan fingerprint density at radius 3 is 2.55 bits per heavy atom. The van der Waals surface area contributed by atoms with E-state index in [1.165, 1.54) is 0 Å². The van der Waals surface area contributed by atoms with Crippen LogP contribution in [0.5, 0.6) is 0 Å². The van der Waals surface area contributed by atoms with Crippen LogP contribution in [0.4, 0.5) is 0 Å². The number of carbonyl (C=O) groups is 2. The fourth-order valence-electron chi connectivity index (χ4n) is 2.30. The fourth-order valence-corrected chi connectivity index (χ4v) is 2.30. The van der Waals surface area contributed by atoms with Gasteiger partial charge in [0.05, 0.1) is 12.5 Å². The van der Waals surface area contributed by atoms with Crippen molar-refractivity contribution in [3.8, 4) is 0 Å². The molecule has 1 aliphatic heterocycles. The molecule has 0 bridgehead atoms. The lowest BCUT2D eigenvalue weighted by atomic mass is 9.97. The van der Waals surface area contributed by atoms with Gasteiger partial charge < -0.3 is 15.3 Å². The second-order valence-corrected chi connectivity index (χ2v) is 4.95. The fraction of sp³-hybridized carbons (Fsp3) is 0.500. The zero-order valence-corrected chi connectivity index (χ0v) is 11.3. The van der Waals surface area contributed by atoms with E-state index >= 15 is 0 Å². The summed E-state index contributed by atoms with van der Waals surface area (Å²) in [5.41, 5.74) is 1.08. The summed E-state index contributed by atoms with van der Waals surface area (Å²) in [7, 11) is 0. The Balaban J connectivity index is 1.69. The molecule has 1 aliphatic rings. The van der Waals surface area contributed by atoms with Crippen molar-refractivity contribution < 1.29 is 14.7 Å². The van der Waals surface area contributed by atoms with Crippen molar-refractivity contribution in [2.75, 3.05) is 19.6 Å². The SMILES string of the molecule is O=C(O)C1CCN(C(=O)CNCc2ccncc2)CC1. The lowest BCUT2D eigenvalue weighted by molar-refractivity contribution is -0.145. The van der Waals surface area contributed by atoms with E-state index in [1.807, 2.05) is 12.1 Å². The number of amides is 1. The van der Waals surface area contributed by atoms with Crippen molar-refractivity contribution in [3.05, 3.63) is 30.1 Å². The number of carbonyl (C=O) groups excluding carboxylic acids is 1. The van der Waals surface area contributed by atoms with Crippen molar-refractivity contribution in [1.82, 2.24) is 15.2 Å². The lowest BCUT2D eigenvalue weighted by Crippen LogP contribution is -2.43. The van der Waals surface area contributed by atoms with Crippen LogP contribution in [0.3, 0.4) is 0 Å².